The topological polar surface area (TPSA) is 140 Å². The van der Waals surface area contributed by atoms with Crippen LogP contribution in [0.25, 0.3) is 22.3 Å². The minimum atomic E-state index is -1.18. The summed E-state index contributed by atoms with van der Waals surface area (Å²) in [4.78, 5) is 32.4. The third-order valence-corrected chi connectivity index (χ3v) is 7.18. The number of H-pyrrole nitrogens is 1. The van der Waals surface area contributed by atoms with Crippen molar-refractivity contribution in [1.82, 2.24) is 19.9 Å². The standard InChI is InChI=1S/C32H37FN4O5/c1-19(2)37-26(14-13-24(38)17-25(39)18-27(40)41)28(22-9-11-23(33)12-10-22)29(21-7-5-4-6-8-21)30(37)32(42)36-20(3)31-34-15-16-35-31/h4-12,15-16,19-20,24-25,38-39H,13-14,17-18H2,1-3H3,(H,34,35)(H,36,42)(H,40,41)/t20?,24-,25-/m1/s1. The normalized spacial score (nSPS) is 13.6. The van der Waals surface area contributed by atoms with Gasteiger partial charge in [-0.05, 0) is 63.3 Å². The molecular weight excluding hydrogens is 539 g/mol. The molecule has 2 aromatic carbocycles. The highest BCUT2D eigenvalue weighted by atomic mass is 19.1. The van der Waals surface area contributed by atoms with Crippen molar-refractivity contribution in [2.75, 3.05) is 0 Å². The number of carbonyl (C=O) groups excluding carboxylic acids is 1. The smallest absolute Gasteiger partial charge is 0.305 e. The van der Waals surface area contributed by atoms with Gasteiger partial charge < -0.3 is 30.2 Å². The van der Waals surface area contributed by atoms with Gasteiger partial charge in [0.25, 0.3) is 5.91 Å². The van der Waals surface area contributed by atoms with Gasteiger partial charge in [0.15, 0.2) is 0 Å². The van der Waals surface area contributed by atoms with E-state index in [-0.39, 0.29) is 24.8 Å². The van der Waals surface area contributed by atoms with Crippen LogP contribution in [0.3, 0.4) is 0 Å². The first kappa shape index (κ1) is 30.7. The molecule has 0 bridgehead atoms. The number of aliphatic hydroxyl groups is 2. The molecule has 0 saturated heterocycles. The van der Waals surface area contributed by atoms with Gasteiger partial charge in [-0.2, -0.15) is 0 Å². The van der Waals surface area contributed by atoms with Gasteiger partial charge in [0.1, 0.15) is 17.3 Å². The summed E-state index contributed by atoms with van der Waals surface area (Å²) in [5, 5.41) is 32.9. The summed E-state index contributed by atoms with van der Waals surface area (Å²) in [5.41, 5.74) is 4.10. The average Bonchev–Trinajstić information content (AvgIpc) is 3.59. The number of aliphatic hydroxyl groups excluding tert-OH is 2. The van der Waals surface area contributed by atoms with Crippen LogP contribution in [0.5, 0.6) is 0 Å². The van der Waals surface area contributed by atoms with E-state index in [0.29, 0.717) is 29.1 Å². The third kappa shape index (κ3) is 7.13. The number of carboxylic acid groups (broad SMARTS) is 1. The lowest BCUT2D eigenvalue weighted by Crippen LogP contribution is -2.30. The number of halogens is 1. The predicted octanol–water partition coefficient (Wildman–Crippen LogP) is 5.28. The number of aromatic amines is 1. The lowest BCUT2D eigenvalue weighted by atomic mass is 9.92. The highest BCUT2D eigenvalue weighted by Gasteiger charge is 2.31. The summed E-state index contributed by atoms with van der Waals surface area (Å²) in [6, 6.07) is 15.0. The monoisotopic (exact) mass is 576 g/mol. The van der Waals surface area contributed by atoms with Crippen LogP contribution in [0.1, 0.15) is 74.1 Å². The Hall–Kier alpha value is -4.28. The lowest BCUT2D eigenvalue weighted by molar-refractivity contribution is -0.139. The lowest BCUT2D eigenvalue weighted by Gasteiger charge is -2.20. The fourth-order valence-corrected chi connectivity index (χ4v) is 5.36. The molecule has 0 spiro atoms. The molecule has 5 N–H and O–H groups in total. The largest absolute Gasteiger partial charge is 0.481 e. The van der Waals surface area contributed by atoms with Gasteiger partial charge >= 0.3 is 5.97 Å². The number of nitrogens with one attached hydrogen (secondary N) is 2. The highest BCUT2D eigenvalue weighted by Crippen LogP contribution is 2.42. The SMILES string of the molecule is CC(NC(=O)c1c(-c2ccccc2)c(-c2ccc(F)cc2)c(CC[C@@H](O)C[C@@H](O)CC(=O)O)n1C(C)C)c1ncc[nH]1. The van der Waals surface area contributed by atoms with Gasteiger partial charge in [-0.25, -0.2) is 9.37 Å². The minimum absolute atomic E-state index is 0.0971. The molecule has 0 aliphatic heterocycles. The molecule has 0 saturated carbocycles. The molecule has 0 aliphatic rings. The van der Waals surface area contributed by atoms with E-state index in [9.17, 15) is 24.2 Å². The van der Waals surface area contributed by atoms with Crippen molar-refractivity contribution >= 4 is 11.9 Å². The zero-order valence-corrected chi connectivity index (χ0v) is 23.9. The van der Waals surface area contributed by atoms with Crippen molar-refractivity contribution in [1.29, 1.82) is 0 Å². The number of nitrogens with zero attached hydrogens (tertiary/aromatic N) is 2. The second-order valence-corrected chi connectivity index (χ2v) is 10.7. The van der Waals surface area contributed by atoms with E-state index in [0.717, 1.165) is 16.8 Å². The van der Waals surface area contributed by atoms with Gasteiger partial charge in [0.05, 0.1) is 24.7 Å². The molecule has 10 heteroatoms. The van der Waals surface area contributed by atoms with Crippen LogP contribution in [0, 0.1) is 5.82 Å². The Morgan fingerprint density at radius 3 is 2.24 bits per heavy atom. The van der Waals surface area contributed by atoms with Crippen molar-refractivity contribution in [3.63, 3.8) is 0 Å². The fourth-order valence-electron chi connectivity index (χ4n) is 5.36. The van der Waals surface area contributed by atoms with E-state index in [1.54, 1.807) is 24.5 Å². The maximum atomic E-state index is 14.1. The molecule has 0 aliphatic carbocycles. The van der Waals surface area contributed by atoms with Crippen LogP contribution in [0.2, 0.25) is 0 Å². The molecule has 2 heterocycles. The molecular formula is C32H37FN4O5. The second-order valence-electron chi connectivity index (χ2n) is 10.7. The molecule has 2 aromatic heterocycles. The predicted molar refractivity (Wildman–Crippen MR) is 157 cm³/mol. The Balaban J connectivity index is 1.87. The number of aliphatic carboxylic acids is 1. The fraction of sp³-hybridized carbons (Fsp3) is 0.344. The Labute approximate surface area is 244 Å². The maximum absolute atomic E-state index is 14.1. The van der Waals surface area contributed by atoms with E-state index in [1.165, 1.54) is 12.1 Å². The van der Waals surface area contributed by atoms with Gasteiger partial charge in [-0.3, -0.25) is 9.59 Å². The summed E-state index contributed by atoms with van der Waals surface area (Å²) < 4.78 is 16.0. The first-order valence-electron chi connectivity index (χ1n) is 14.0. The van der Waals surface area contributed by atoms with Crippen molar-refractivity contribution in [2.24, 2.45) is 0 Å². The molecule has 0 radical (unpaired) electrons. The number of amides is 1. The van der Waals surface area contributed by atoms with E-state index in [2.05, 4.69) is 15.3 Å². The number of rotatable bonds is 13. The summed E-state index contributed by atoms with van der Waals surface area (Å²) >= 11 is 0. The number of aromatic nitrogens is 3. The number of benzene rings is 2. The summed E-state index contributed by atoms with van der Waals surface area (Å²) in [6.45, 7) is 5.77. The van der Waals surface area contributed by atoms with Crippen molar-refractivity contribution in [2.45, 2.75) is 70.7 Å². The van der Waals surface area contributed by atoms with Crippen LogP contribution in [-0.2, 0) is 11.2 Å². The van der Waals surface area contributed by atoms with Crippen LogP contribution in [0.15, 0.2) is 67.0 Å². The Bertz CT molecular complexity index is 1480. The zero-order valence-electron chi connectivity index (χ0n) is 23.9. The molecule has 1 amide bonds. The second kappa shape index (κ2) is 13.6. The van der Waals surface area contributed by atoms with E-state index in [4.69, 9.17) is 5.11 Å². The van der Waals surface area contributed by atoms with Crippen molar-refractivity contribution in [3.05, 3.63) is 90.0 Å². The van der Waals surface area contributed by atoms with Crippen LogP contribution < -0.4 is 5.32 Å². The number of carbonyl (C=O) groups is 2. The van der Waals surface area contributed by atoms with E-state index < -0.39 is 36.5 Å². The van der Waals surface area contributed by atoms with Crippen molar-refractivity contribution in [3.8, 4) is 22.3 Å². The number of hydrogen-bond donors (Lipinski definition) is 5. The number of imidazole rings is 1. The molecule has 1 unspecified atom stereocenters. The van der Waals surface area contributed by atoms with Crippen LogP contribution in [-0.4, -0.2) is 53.9 Å². The Kier molecular flexibility index (Phi) is 9.92. The molecule has 42 heavy (non-hydrogen) atoms. The number of hydrogen-bond acceptors (Lipinski definition) is 5. The maximum Gasteiger partial charge on any atom is 0.305 e. The van der Waals surface area contributed by atoms with Crippen LogP contribution in [0.4, 0.5) is 4.39 Å². The van der Waals surface area contributed by atoms with Gasteiger partial charge in [0, 0.05) is 35.3 Å². The Morgan fingerprint density at radius 2 is 1.64 bits per heavy atom. The quantitative estimate of drug-likeness (QED) is 0.147. The Morgan fingerprint density at radius 1 is 0.976 bits per heavy atom. The van der Waals surface area contributed by atoms with Gasteiger partial charge in [0.2, 0.25) is 0 Å². The molecule has 3 atom stereocenters. The van der Waals surface area contributed by atoms with Gasteiger partial charge in [-0.1, -0.05) is 42.5 Å². The van der Waals surface area contributed by atoms with E-state index in [1.807, 2.05) is 55.7 Å². The zero-order chi connectivity index (χ0) is 30.4. The summed E-state index contributed by atoms with van der Waals surface area (Å²) in [5.74, 6) is -1.25. The first-order chi connectivity index (χ1) is 20.1. The highest BCUT2D eigenvalue weighted by molar-refractivity contribution is 6.05. The summed E-state index contributed by atoms with van der Waals surface area (Å²) in [6.07, 6.45) is 1.10. The molecule has 0 fully saturated rings. The molecule has 9 nitrogen and oxygen atoms in total. The minimum Gasteiger partial charge on any atom is -0.481 e. The molecule has 4 aromatic rings. The van der Waals surface area contributed by atoms with Gasteiger partial charge in [-0.15, -0.1) is 0 Å². The van der Waals surface area contributed by atoms with E-state index >= 15 is 0 Å². The molecule has 4 rings (SSSR count). The molecule has 222 valence electrons. The summed E-state index contributed by atoms with van der Waals surface area (Å²) in [7, 11) is 0. The third-order valence-electron chi connectivity index (χ3n) is 7.18. The van der Waals surface area contributed by atoms with Crippen molar-refractivity contribution < 1.29 is 29.3 Å². The first-order valence-corrected chi connectivity index (χ1v) is 14.0. The average molecular weight is 577 g/mol. The number of carboxylic acids is 1. The van der Waals surface area contributed by atoms with Crippen LogP contribution >= 0.6 is 0 Å².